The lowest BCUT2D eigenvalue weighted by Crippen LogP contribution is -2.73. The predicted molar refractivity (Wildman–Crippen MR) is 195 cm³/mol. The van der Waals surface area contributed by atoms with E-state index in [1.54, 1.807) is 0 Å². The second-order valence-electron chi connectivity index (χ2n) is 14.8. The number of fused-ring (bicyclic) bond motifs is 3. The van der Waals surface area contributed by atoms with Crippen molar-refractivity contribution in [3.05, 3.63) is 133 Å². The topological polar surface area (TPSA) is 28.6 Å². The van der Waals surface area contributed by atoms with Gasteiger partial charge in [-0.15, -0.1) is 0 Å². The van der Waals surface area contributed by atoms with Crippen LogP contribution in [-0.2, 0) is 10.8 Å². The van der Waals surface area contributed by atoms with Crippen LogP contribution < -0.4 is 30.5 Å². The van der Waals surface area contributed by atoms with Crippen molar-refractivity contribution in [2.75, 3.05) is 18.6 Å². The third-order valence-electron chi connectivity index (χ3n) is 9.45. The Morgan fingerprint density at radius 1 is 0.652 bits per heavy atom. The van der Waals surface area contributed by atoms with Crippen LogP contribution in [0.5, 0.6) is 11.5 Å². The SMILES string of the molecule is CN1C=CN(c2cccc(Oc3cccc([Si]4(c5ccccn5)c5ccc(C(C)(C)C)cc5-c5cc(C(C)(C)C)ccc54)c3)c2)C1. The molecule has 232 valence electrons. The Bertz CT molecular complexity index is 1890. The molecular weight excluding hydrogens is 579 g/mol. The molecule has 0 saturated heterocycles. The maximum Gasteiger partial charge on any atom is 0.203 e. The second kappa shape index (κ2) is 11.0. The average Bonchev–Trinajstić information content (AvgIpc) is 3.60. The molecule has 0 aliphatic carbocycles. The highest BCUT2D eigenvalue weighted by atomic mass is 28.3. The molecular formula is C41H43N3OSi. The Morgan fingerprint density at radius 3 is 1.85 bits per heavy atom. The van der Waals surface area contributed by atoms with Crippen molar-refractivity contribution >= 4 is 34.6 Å². The summed E-state index contributed by atoms with van der Waals surface area (Å²) in [5.74, 6) is 1.65. The van der Waals surface area contributed by atoms with E-state index >= 15 is 0 Å². The third kappa shape index (κ3) is 5.13. The molecule has 0 fully saturated rings. The van der Waals surface area contributed by atoms with E-state index in [1.807, 2.05) is 18.3 Å². The average molecular weight is 622 g/mol. The quantitative estimate of drug-likeness (QED) is 0.194. The Morgan fingerprint density at radius 2 is 1.28 bits per heavy atom. The number of ether oxygens (including phenoxy) is 1. The van der Waals surface area contributed by atoms with E-state index in [4.69, 9.17) is 9.72 Å². The fourth-order valence-corrected chi connectivity index (χ4v) is 11.9. The van der Waals surface area contributed by atoms with E-state index in [-0.39, 0.29) is 10.8 Å². The zero-order valence-corrected chi connectivity index (χ0v) is 29.0. The standard InChI is InChI=1S/C41H43N3OSi/c1-40(2,3)29-17-19-37-35(24-29)36-25-30(41(4,5)6)18-20-38(36)46(37,39-16-8-9-21-42-39)34-15-11-14-33(27-34)45-32-13-10-12-31(26-32)44-23-22-43(7)28-44/h8-27H,28H2,1-7H3. The molecule has 2 aliphatic rings. The van der Waals surface area contributed by atoms with Gasteiger partial charge in [-0.1, -0.05) is 102 Å². The summed E-state index contributed by atoms with van der Waals surface area (Å²) in [5, 5.41) is 5.20. The van der Waals surface area contributed by atoms with Crippen LogP contribution in [0.2, 0.25) is 0 Å². The second-order valence-corrected chi connectivity index (χ2v) is 18.4. The van der Waals surface area contributed by atoms with Crippen LogP contribution in [0.1, 0.15) is 52.7 Å². The summed E-state index contributed by atoms with van der Waals surface area (Å²) in [7, 11) is -0.712. The lowest BCUT2D eigenvalue weighted by Gasteiger charge is -2.31. The summed E-state index contributed by atoms with van der Waals surface area (Å²) in [4.78, 5) is 9.51. The fourth-order valence-electron chi connectivity index (χ4n) is 6.94. The molecule has 0 radical (unpaired) electrons. The highest BCUT2D eigenvalue weighted by Gasteiger charge is 2.50. The molecule has 5 heteroatoms. The van der Waals surface area contributed by atoms with E-state index in [0.29, 0.717) is 0 Å². The first-order valence-corrected chi connectivity index (χ1v) is 18.2. The van der Waals surface area contributed by atoms with E-state index in [2.05, 4.69) is 162 Å². The molecule has 2 aliphatic heterocycles. The minimum Gasteiger partial charge on any atom is -0.457 e. The molecule has 0 bridgehead atoms. The highest BCUT2D eigenvalue weighted by Crippen LogP contribution is 2.36. The fraction of sp³-hybridized carbons (Fsp3) is 0.244. The summed E-state index contributed by atoms with van der Waals surface area (Å²) >= 11 is 0. The molecule has 0 spiro atoms. The van der Waals surface area contributed by atoms with Gasteiger partial charge in [0.1, 0.15) is 11.5 Å². The summed E-state index contributed by atoms with van der Waals surface area (Å²) in [6.45, 7) is 14.6. The van der Waals surface area contributed by atoms with Crippen LogP contribution in [0.15, 0.2) is 122 Å². The van der Waals surface area contributed by atoms with Crippen molar-refractivity contribution in [3.63, 3.8) is 0 Å². The number of hydrogen-bond acceptors (Lipinski definition) is 4. The van der Waals surface area contributed by atoms with Crippen LogP contribution in [-0.4, -0.2) is 31.7 Å². The molecule has 0 saturated carbocycles. The summed E-state index contributed by atoms with van der Waals surface area (Å²) in [5.41, 5.74) is 6.56. The molecule has 3 heterocycles. The Kier molecular flexibility index (Phi) is 7.20. The first-order chi connectivity index (χ1) is 21.9. The van der Waals surface area contributed by atoms with Gasteiger partial charge in [-0.3, -0.25) is 4.98 Å². The predicted octanol–water partition coefficient (Wildman–Crippen LogP) is 7.01. The van der Waals surface area contributed by atoms with Crippen LogP contribution >= 0.6 is 0 Å². The Labute approximate surface area is 275 Å². The Hall–Kier alpha value is -4.61. The van der Waals surface area contributed by atoms with Crippen molar-refractivity contribution in [2.24, 2.45) is 0 Å². The summed E-state index contributed by atoms with van der Waals surface area (Å²) in [6, 6.07) is 37.9. The van der Waals surface area contributed by atoms with Crippen molar-refractivity contribution in [1.29, 1.82) is 0 Å². The minimum atomic E-state index is -2.79. The van der Waals surface area contributed by atoms with Crippen LogP contribution in [0.4, 0.5) is 5.69 Å². The molecule has 4 aromatic carbocycles. The molecule has 0 unspecified atom stereocenters. The number of anilines is 1. The van der Waals surface area contributed by atoms with Gasteiger partial charge in [0.2, 0.25) is 8.07 Å². The molecule has 0 N–H and O–H groups in total. The van der Waals surface area contributed by atoms with Gasteiger partial charge >= 0.3 is 0 Å². The van der Waals surface area contributed by atoms with Crippen LogP contribution in [0, 0.1) is 0 Å². The zero-order chi connectivity index (χ0) is 32.3. The van der Waals surface area contributed by atoms with Crippen molar-refractivity contribution in [2.45, 2.75) is 52.4 Å². The lowest BCUT2D eigenvalue weighted by atomic mass is 9.83. The largest absolute Gasteiger partial charge is 0.457 e. The number of hydrogen-bond donors (Lipinski definition) is 0. The maximum atomic E-state index is 6.63. The monoisotopic (exact) mass is 621 g/mol. The van der Waals surface area contributed by atoms with Gasteiger partial charge in [-0.05, 0) is 85.0 Å². The van der Waals surface area contributed by atoms with Gasteiger partial charge in [0, 0.05) is 42.7 Å². The number of nitrogens with zero attached hydrogens (tertiary/aromatic N) is 3. The normalized spacial score (nSPS) is 15.2. The van der Waals surface area contributed by atoms with Gasteiger partial charge in [-0.2, -0.15) is 0 Å². The smallest absolute Gasteiger partial charge is 0.203 e. The van der Waals surface area contributed by atoms with E-state index in [9.17, 15) is 0 Å². The number of pyridine rings is 1. The molecule has 46 heavy (non-hydrogen) atoms. The molecule has 0 atom stereocenters. The summed E-state index contributed by atoms with van der Waals surface area (Å²) in [6.07, 6.45) is 6.14. The van der Waals surface area contributed by atoms with Crippen molar-refractivity contribution in [1.82, 2.24) is 9.88 Å². The lowest BCUT2D eigenvalue weighted by molar-refractivity contribution is 0.481. The zero-order valence-electron chi connectivity index (χ0n) is 28.0. The minimum absolute atomic E-state index is 0.0389. The van der Waals surface area contributed by atoms with E-state index in [0.717, 1.165) is 29.2 Å². The van der Waals surface area contributed by atoms with Crippen molar-refractivity contribution < 1.29 is 4.74 Å². The molecule has 5 aromatic rings. The van der Waals surface area contributed by atoms with Gasteiger partial charge in [0.25, 0.3) is 0 Å². The van der Waals surface area contributed by atoms with E-state index in [1.165, 1.54) is 37.8 Å². The van der Waals surface area contributed by atoms with Gasteiger partial charge < -0.3 is 14.5 Å². The highest BCUT2D eigenvalue weighted by molar-refractivity contribution is 7.21. The summed E-state index contributed by atoms with van der Waals surface area (Å²) < 4.78 is 6.63. The molecule has 4 nitrogen and oxygen atoms in total. The number of benzene rings is 4. The first-order valence-electron chi connectivity index (χ1n) is 16.2. The third-order valence-corrected chi connectivity index (χ3v) is 14.2. The van der Waals surface area contributed by atoms with Crippen molar-refractivity contribution in [3.8, 4) is 22.6 Å². The molecule has 7 rings (SSSR count). The van der Waals surface area contributed by atoms with Gasteiger partial charge in [0.05, 0.1) is 6.67 Å². The number of rotatable bonds is 5. The molecule has 1 aromatic heterocycles. The van der Waals surface area contributed by atoms with E-state index < -0.39 is 8.07 Å². The first kappa shape index (κ1) is 30.1. The van der Waals surface area contributed by atoms with Crippen LogP contribution in [0.25, 0.3) is 11.1 Å². The van der Waals surface area contributed by atoms with Gasteiger partial charge in [-0.25, -0.2) is 0 Å². The van der Waals surface area contributed by atoms with Gasteiger partial charge in [0.15, 0.2) is 0 Å². The maximum absolute atomic E-state index is 6.63. The number of aromatic nitrogens is 1. The molecule has 0 amide bonds. The Balaban J connectivity index is 1.42. The van der Waals surface area contributed by atoms with Crippen LogP contribution in [0.3, 0.4) is 0 Å².